The van der Waals surface area contributed by atoms with Crippen LogP contribution in [0, 0.1) is 0 Å². The largest absolute Gasteiger partial charge is 0.464 e. The van der Waals surface area contributed by atoms with Crippen LogP contribution in [-0.4, -0.2) is 96.2 Å². The van der Waals surface area contributed by atoms with Gasteiger partial charge in [-0.1, -0.05) is 42.5 Å². The van der Waals surface area contributed by atoms with E-state index in [2.05, 4.69) is 45.7 Å². The van der Waals surface area contributed by atoms with Crippen LogP contribution in [0.2, 0.25) is 0 Å². The number of rotatable bonds is 19. The number of allylic oxidation sites excluding steroid dienone is 2. The summed E-state index contributed by atoms with van der Waals surface area (Å²) in [6.45, 7) is 5.48. The maximum Gasteiger partial charge on any atom is 0.244 e. The number of H-pyrrole nitrogens is 1. The summed E-state index contributed by atoms with van der Waals surface area (Å²) < 4.78 is 32.3. The molecule has 0 bridgehead atoms. The minimum Gasteiger partial charge on any atom is -0.464 e. The van der Waals surface area contributed by atoms with Gasteiger partial charge in [0.2, 0.25) is 5.91 Å². The van der Waals surface area contributed by atoms with Crippen LogP contribution in [0.4, 0.5) is 0 Å². The summed E-state index contributed by atoms with van der Waals surface area (Å²) >= 11 is 0. The van der Waals surface area contributed by atoms with Gasteiger partial charge in [-0.2, -0.15) is 0 Å². The van der Waals surface area contributed by atoms with Crippen molar-refractivity contribution < 1.29 is 33.2 Å². The van der Waals surface area contributed by atoms with Crippen LogP contribution >= 0.6 is 0 Å². The molecule has 4 rings (SSSR count). The van der Waals surface area contributed by atoms with Gasteiger partial charge in [0, 0.05) is 50.5 Å². The smallest absolute Gasteiger partial charge is 0.244 e. The summed E-state index contributed by atoms with van der Waals surface area (Å²) in [6, 6.07) is 14.1. The lowest BCUT2D eigenvalue weighted by Crippen LogP contribution is -2.38. The summed E-state index contributed by atoms with van der Waals surface area (Å²) in [6.07, 6.45) is 11.4. The standard InChI is InChI=1S/C34H45N3O7/c1-39-19-21-41-25-43-32-12-11-27(23-33(32)44-26-42-22-20-40-2)7-3-6-10-34(38)35-15-18-37-16-13-28(14-17-37)30-24-36-31-9-5-4-8-29(30)31/h3-12,23-24,28,36H,13-22,25-26H2,1-2H3,(H,35,38). The molecule has 1 aromatic heterocycles. The zero-order valence-electron chi connectivity index (χ0n) is 25.8. The number of ether oxygens (including phenoxy) is 6. The van der Waals surface area contributed by atoms with E-state index in [0.717, 1.165) is 38.0 Å². The van der Waals surface area contributed by atoms with E-state index in [9.17, 15) is 4.79 Å². The number of benzene rings is 2. The van der Waals surface area contributed by atoms with Crippen molar-refractivity contribution in [3.8, 4) is 11.5 Å². The molecule has 44 heavy (non-hydrogen) atoms. The third-order valence-electron chi connectivity index (χ3n) is 7.45. The van der Waals surface area contributed by atoms with Gasteiger partial charge in [0.25, 0.3) is 0 Å². The van der Waals surface area contributed by atoms with Gasteiger partial charge in [0.15, 0.2) is 25.1 Å². The number of amides is 1. The van der Waals surface area contributed by atoms with Crippen molar-refractivity contribution in [2.75, 3.05) is 80.4 Å². The lowest BCUT2D eigenvalue weighted by Gasteiger charge is -2.31. The van der Waals surface area contributed by atoms with Crippen LogP contribution in [0.3, 0.4) is 0 Å². The first-order chi connectivity index (χ1) is 21.7. The zero-order chi connectivity index (χ0) is 30.8. The molecule has 3 aromatic rings. The molecule has 1 aliphatic heterocycles. The number of hydrogen-bond acceptors (Lipinski definition) is 8. The first-order valence-corrected chi connectivity index (χ1v) is 15.1. The van der Waals surface area contributed by atoms with E-state index in [1.165, 1.54) is 22.5 Å². The highest BCUT2D eigenvalue weighted by molar-refractivity contribution is 5.88. The second-order valence-electron chi connectivity index (χ2n) is 10.4. The lowest BCUT2D eigenvalue weighted by molar-refractivity contribution is -0.116. The maximum absolute atomic E-state index is 12.4. The summed E-state index contributed by atoms with van der Waals surface area (Å²) in [5.74, 6) is 1.52. The zero-order valence-corrected chi connectivity index (χ0v) is 25.8. The van der Waals surface area contributed by atoms with Gasteiger partial charge in [0.05, 0.1) is 26.4 Å². The molecule has 1 fully saturated rings. The van der Waals surface area contributed by atoms with Crippen LogP contribution in [0.15, 0.2) is 66.9 Å². The van der Waals surface area contributed by atoms with Crippen LogP contribution in [-0.2, 0) is 23.7 Å². The fourth-order valence-corrected chi connectivity index (χ4v) is 5.08. The van der Waals surface area contributed by atoms with E-state index in [0.29, 0.717) is 50.4 Å². The van der Waals surface area contributed by atoms with Crippen molar-refractivity contribution in [2.24, 2.45) is 0 Å². The molecule has 1 amide bonds. The topological polar surface area (TPSA) is 104 Å². The molecule has 0 saturated carbocycles. The highest BCUT2D eigenvalue weighted by atomic mass is 16.7. The Balaban J connectivity index is 1.18. The van der Waals surface area contributed by atoms with Gasteiger partial charge >= 0.3 is 0 Å². The summed E-state index contributed by atoms with van der Waals surface area (Å²) in [7, 11) is 3.23. The van der Waals surface area contributed by atoms with Crippen LogP contribution < -0.4 is 14.8 Å². The second kappa shape index (κ2) is 18.9. The quantitative estimate of drug-likeness (QED) is 0.0873. The molecule has 2 aromatic carbocycles. The highest BCUT2D eigenvalue weighted by Gasteiger charge is 2.22. The van der Waals surface area contributed by atoms with E-state index < -0.39 is 0 Å². The Morgan fingerprint density at radius 2 is 1.66 bits per heavy atom. The molecule has 1 aliphatic rings. The SMILES string of the molecule is COCCOCOc1ccc(C=CC=CC(=O)NCCN2CCC(c3c[nH]c4ccccc34)CC2)cc1OCOCCOC. The number of hydrogen-bond donors (Lipinski definition) is 2. The van der Waals surface area contributed by atoms with E-state index in [1.807, 2.05) is 30.4 Å². The average Bonchev–Trinajstić information content (AvgIpc) is 3.48. The molecule has 1 saturated heterocycles. The lowest BCUT2D eigenvalue weighted by atomic mass is 9.89. The summed E-state index contributed by atoms with van der Waals surface area (Å²) in [4.78, 5) is 18.2. The Labute approximate surface area is 259 Å². The average molecular weight is 608 g/mol. The number of aromatic nitrogens is 1. The Morgan fingerprint density at radius 3 is 2.41 bits per heavy atom. The molecule has 0 spiro atoms. The Kier molecular flexibility index (Phi) is 14.3. The highest BCUT2D eigenvalue weighted by Crippen LogP contribution is 2.33. The number of nitrogens with zero attached hydrogens (tertiary/aromatic N) is 1. The molecular formula is C34H45N3O7. The van der Waals surface area contributed by atoms with Gasteiger partial charge in [-0.05, 0) is 61.2 Å². The van der Waals surface area contributed by atoms with Crippen molar-refractivity contribution in [1.29, 1.82) is 0 Å². The van der Waals surface area contributed by atoms with Gasteiger partial charge in [-0.3, -0.25) is 4.79 Å². The number of fused-ring (bicyclic) bond motifs is 1. The van der Waals surface area contributed by atoms with Gasteiger partial charge in [-0.15, -0.1) is 0 Å². The van der Waals surface area contributed by atoms with Gasteiger partial charge in [-0.25, -0.2) is 0 Å². The Hall–Kier alpha value is -3.67. The van der Waals surface area contributed by atoms with Crippen molar-refractivity contribution in [3.05, 3.63) is 78.0 Å². The fourth-order valence-electron chi connectivity index (χ4n) is 5.08. The van der Waals surface area contributed by atoms with Gasteiger partial charge < -0.3 is 43.6 Å². The van der Waals surface area contributed by atoms with Gasteiger partial charge in [0.1, 0.15) is 0 Å². The maximum atomic E-state index is 12.4. The first kappa shape index (κ1) is 33.2. The molecule has 10 nitrogen and oxygen atoms in total. The minimum absolute atomic E-state index is 0.0552. The van der Waals surface area contributed by atoms with Crippen molar-refractivity contribution in [1.82, 2.24) is 15.2 Å². The van der Waals surface area contributed by atoms with Crippen LogP contribution in [0.25, 0.3) is 17.0 Å². The number of piperidine rings is 1. The molecule has 0 aliphatic carbocycles. The number of methoxy groups -OCH3 is 2. The number of para-hydroxylation sites is 1. The molecular weight excluding hydrogens is 562 g/mol. The van der Waals surface area contributed by atoms with Crippen molar-refractivity contribution in [3.63, 3.8) is 0 Å². The monoisotopic (exact) mass is 607 g/mol. The minimum atomic E-state index is -0.113. The molecule has 10 heteroatoms. The van der Waals surface area contributed by atoms with E-state index in [1.54, 1.807) is 20.3 Å². The number of aromatic amines is 1. The molecule has 0 atom stereocenters. The Bertz CT molecular complexity index is 1330. The number of carbonyl (C=O) groups is 1. The van der Waals surface area contributed by atoms with Crippen molar-refractivity contribution in [2.45, 2.75) is 18.8 Å². The molecule has 0 radical (unpaired) electrons. The normalized spacial score (nSPS) is 14.6. The van der Waals surface area contributed by atoms with E-state index >= 15 is 0 Å². The Morgan fingerprint density at radius 1 is 0.932 bits per heavy atom. The van der Waals surface area contributed by atoms with E-state index in [4.69, 9.17) is 28.4 Å². The third-order valence-corrected chi connectivity index (χ3v) is 7.45. The first-order valence-electron chi connectivity index (χ1n) is 15.1. The molecule has 0 unspecified atom stereocenters. The summed E-state index contributed by atoms with van der Waals surface area (Å²) in [5.41, 5.74) is 3.51. The van der Waals surface area contributed by atoms with Crippen molar-refractivity contribution >= 4 is 22.9 Å². The van der Waals surface area contributed by atoms with Crippen LogP contribution in [0.1, 0.15) is 29.9 Å². The fraction of sp³-hybridized carbons (Fsp3) is 0.441. The van der Waals surface area contributed by atoms with Crippen LogP contribution in [0.5, 0.6) is 11.5 Å². The predicted molar refractivity (Wildman–Crippen MR) is 171 cm³/mol. The second-order valence-corrected chi connectivity index (χ2v) is 10.4. The number of carbonyl (C=O) groups excluding carboxylic acids is 1. The number of nitrogens with one attached hydrogen (secondary N) is 2. The third kappa shape index (κ3) is 10.8. The predicted octanol–water partition coefficient (Wildman–Crippen LogP) is 4.73. The number of likely N-dealkylation sites (tertiary alicyclic amines) is 1. The molecule has 2 N–H and O–H groups in total. The molecule has 2 heterocycles. The van der Waals surface area contributed by atoms with E-state index in [-0.39, 0.29) is 19.5 Å². The summed E-state index contributed by atoms with van der Waals surface area (Å²) in [5, 5.41) is 4.33. The molecule has 238 valence electrons.